The summed E-state index contributed by atoms with van der Waals surface area (Å²) in [6, 6.07) is 0. The van der Waals surface area contributed by atoms with E-state index in [0.29, 0.717) is 26.2 Å². The third-order valence-electron chi connectivity index (χ3n) is 4.50. The summed E-state index contributed by atoms with van der Waals surface area (Å²) in [7, 11) is -3.60. The normalized spacial score (nSPS) is 36.5. The van der Waals surface area contributed by atoms with Gasteiger partial charge in [-0.1, -0.05) is 0 Å². The first-order valence-corrected chi connectivity index (χ1v) is 8.02. The maximum atomic E-state index is 12.2. The van der Waals surface area contributed by atoms with Crippen LogP contribution in [-0.4, -0.2) is 49.7 Å². The molecular weight excluding hydrogens is 254 g/mol. The molecule has 2 aliphatic carbocycles. The van der Waals surface area contributed by atoms with Crippen molar-refractivity contribution >= 4 is 16.1 Å². The number of amides is 1. The maximum Gasteiger partial charge on any atom is 0.277 e. The zero-order chi connectivity index (χ0) is 12.9. The molecule has 1 amide bonds. The molecule has 0 aromatic rings. The van der Waals surface area contributed by atoms with Gasteiger partial charge in [-0.3, -0.25) is 4.79 Å². The number of carbonyl (C=O) groups excluding carboxylic acids is 1. The molecule has 6 nitrogen and oxygen atoms in total. The van der Waals surface area contributed by atoms with Crippen molar-refractivity contribution in [3.8, 4) is 0 Å². The Labute approximate surface area is 107 Å². The zero-order valence-electron chi connectivity index (χ0n) is 10.3. The topological polar surface area (TPSA) is 83.7 Å². The van der Waals surface area contributed by atoms with Gasteiger partial charge >= 0.3 is 0 Å². The molecule has 0 bridgehead atoms. The van der Waals surface area contributed by atoms with Gasteiger partial charge in [-0.25, -0.2) is 5.14 Å². The van der Waals surface area contributed by atoms with Crippen molar-refractivity contribution in [3.05, 3.63) is 0 Å². The molecule has 1 saturated heterocycles. The van der Waals surface area contributed by atoms with Crippen LogP contribution < -0.4 is 5.14 Å². The monoisotopic (exact) mass is 273 g/mol. The highest BCUT2D eigenvalue weighted by Gasteiger charge is 2.49. The standard InChI is InChI=1S/C11H19N3O3S/c12-18(16,17)14-3-1-13(2-4-14)11(15)10-6-8-5-9(8)7-10/h8-10H,1-7H2,(H2,12,16,17). The number of fused-ring (bicyclic) bond motifs is 1. The molecule has 1 heterocycles. The fourth-order valence-electron chi connectivity index (χ4n) is 3.34. The molecule has 18 heavy (non-hydrogen) atoms. The summed E-state index contributed by atoms with van der Waals surface area (Å²) in [5, 5.41) is 5.07. The van der Waals surface area contributed by atoms with Crippen molar-refractivity contribution in [1.29, 1.82) is 0 Å². The molecule has 0 radical (unpaired) electrons. The van der Waals surface area contributed by atoms with E-state index >= 15 is 0 Å². The number of carbonyl (C=O) groups is 1. The summed E-state index contributed by atoms with van der Waals surface area (Å²) in [5.41, 5.74) is 0. The largest absolute Gasteiger partial charge is 0.340 e. The molecule has 0 spiro atoms. The molecule has 3 fully saturated rings. The molecule has 7 heteroatoms. The van der Waals surface area contributed by atoms with Crippen molar-refractivity contribution < 1.29 is 13.2 Å². The van der Waals surface area contributed by atoms with E-state index in [1.807, 2.05) is 0 Å². The predicted octanol–water partition coefficient (Wildman–Crippen LogP) is -0.620. The minimum absolute atomic E-state index is 0.190. The van der Waals surface area contributed by atoms with Gasteiger partial charge < -0.3 is 4.90 Å². The number of hydrogen-bond donors (Lipinski definition) is 1. The van der Waals surface area contributed by atoms with E-state index in [9.17, 15) is 13.2 Å². The summed E-state index contributed by atoms with van der Waals surface area (Å²) < 4.78 is 23.6. The Morgan fingerprint density at radius 2 is 1.56 bits per heavy atom. The molecular formula is C11H19N3O3S. The molecule has 0 aromatic carbocycles. The SMILES string of the molecule is NS(=O)(=O)N1CCN(C(=O)C2CC3CC3C2)CC1. The van der Waals surface area contributed by atoms with Crippen molar-refractivity contribution in [3.63, 3.8) is 0 Å². The van der Waals surface area contributed by atoms with Gasteiger partial charge in [-0.2, -0.15) is 12.7 Å². The predicted molar refractivity (Wildman–Crippen MR) is 65.6 cm³/mol. The number of rotatable bonds is 2. The summed E-state index contributed by atoms with van der Waals surface area (Å²) in [4.78, 5) is 14.1. The number of nitrogens with two attached hydrogens (primary N) is 1. The Balaban J connectivity index is 1.54. The van der Waals surface area contributed by atoms with Crippen LogP contribution in [0.2, 0.25) is 0 Å². The van der Waals surface area contributed by atoms with Crippen LogP contribution in [0, 0.1) is 17.8 Å². The number of hydrogen-bond acceptors (Lipinski definition) is 3. The van der Waals surface area contributed by atoms with E-state index in [1.165, 1.54) is 10.7 Å². The minimum Gasteiger partial charge on any atom is -0.340 e. The molecule has 2 saturated carbocycles. The maximum absolute atomic E-state index is 12.2. The molecule has 2 atom stereocenters. The fourth-order valence-corrected chi connectivity index (χ4v) is 4.01. The van der Waals surface area contributed by atoms with Crippen LogP contribution in [0.25, 0.3) is 0 Å². The lowest BCUT2D eigenvalue weighted by molar-refractivity contribution is -0.136. The van der Waals surface area contributed by atoms with Crippen LogP contribution in [0.3, 0.4) is 0 Å². The highest BCUT2D eigenvalue weighted by Crippen LogP contribution is 2.54. The van der Waals surface area contributed by atoms with Crippen molar-refractivity contribution in [2.24, 2.45) is 22.9 Å². The third kappa shape index (κ3) is 2.26. The van der Waals surface area contributed by atoms with Gasteiger partial charge in [-0.15, -0.1) is 0 Å². The van der Waals surface area contributed by atoms with Crippen LogP contribution in [0.5, 0.6) is 0 Å². The highest BCUT2D eigenvalue weighted by molar-refractivity contribution is 7.86. The van der Waals surface area contributed by atoms with Gasteiger partial charge in [0.15, 0.2) is 0 Å². The second-order valence-electron chi connectivity index (χ2n) is 5.69. The van der Waals surface area contributed by atoms with Crippen molar-refractivity contribution in [2.45, 2.75) is 19.3 Å². The minimum atomic E-state index is -3.60. The zero-order valence-corrected chi connectivity index (χ0v) is 11.1. The van der Waals surface area contributed by atoms with E-state index in [2.05, 4.69) is 0 Å². The Morgan fingerprint density at radius 1 is 1.00 bits per heavy atom. The van der Waals surface area contributed by atoms with Gasteiger partial charge in [0.1, 0.15) is 0 Å². The lowest BCUT2D eigenvalue weighted by Crippen LogP contribution is -2.53. The molecule has 3 rings (SSSR count). The Hall–Kier alpha value is -0.660. The quantitative estimate of drug-likeness (QED) is 0.728. The van der Waals surface area contributed by atoms with Crippen LogP contribution >= 0.6 is 0 Å². The Kier molecular flexibility index (Phi) is 2.87. The summed E-state index contributed by atoms with van der Waals surface area (Å²) >= 11 is 0. The second kappa shape index (κ2) is 4.18. The third-order valence-corrected chi connectivity index (χ3v) is 5.59. The first-order valence-electron chi connectivity index (χ1n) is 6.52. The van der Waals surface area contributed by atoms with Crippen LogP contribution in [0.1, 0.15) is 19.3 Å². The van der Waals surface area contributed by atoms with Crippen LogP contribution in [0.4, 0.5) is 0 Å². The van der Waals surface area contributed by atoms with E-state index in [-0.39, 0.29) is 11.8 Å². The highest BCUT2D eigenvalue weighted by atomic mass is 32.2. The van der Waals surface area contributed by atoms with Gasteiger partial charge in [0.25, 0.3) is 10.2 Å². The lowest BCUT2D eigenvalue weighted by Gasteiger charge is -2.34. The Bertz CT molecular complexity index is 446. The number of piperazine rings is 1. The lowest BCUT2D eigenvalue weighted by atomic mass is 10.0. The number of nitrogens with zero attached hydrogens (tertiary/aromatic N) is 2. The molecule has 3 aliphatic rings. The smallest absolute Gasteiger partial charge is 0.277 e. The van der Waals surface area contributed by atoms with Gasteiger partial charge in [0, 0.05) is 32.1 Å². The fraction of sp³-hybridized carbons (Fsp3) is 0.909. The van der Waals surface area contributed by atoms with E-state index in [1.54, 1.807) is 4.90 Å². The van der Waals surface area contributed by atoms with E-state index < -0.39 is 10.2 Å². The summed E-state index contributed by atoms with van der Waals surface area (Å²) in [5.74, 6) is 2.00. The van der Waals surface area contributed by atoms with E-state index in [4.69, 9.17) is 5.14 Å². The molecule has 1 aliphatic heterocycles. The van der Waals surface area contributed by atoms with E-state index in [0.717, 1.165) is 24.7 Å². The average molecular weight is 273 g/mol. The second-order valence-corrected chi connectivity index (χ2v) is 7.24. The summed E-state index contributed by atoms with van der Waals surface area (Å²) in [6.07, 6.45) is 3.39. The van der Waals surface area contributed by atoms with Crippen molar-refractivity contribution in [2.75, 3.05) is 26.2 Å². The molecule has 2 unspecified atom stereocenters. The van der Waals surface area contributed by atoms with Crippen molar-refractivity contribution in [1.82, 2.24) is 9.21 Å². The first-order chi connectivity index (χ1) is 8.45. The van der Waals surface area contributed by atoms with Crippen LogP contribution in [-0.2, 0) is 15.0 Å². The molecule has 102 valence electrons. The average Bonchev–Trinajstić information content (AvgIpc) is 2.94. The molecule has 0 aromatic heterocycles. The van der Waals surface area contributed by atoms with Gasteiger partial charge in [0.2, 0.25) is 5.91 Å². The molecule has 2 N–H and O–H groups in total. The van der Waals surface area contributed by atoms with Gasteiger partial charge in [0.05, 0.1) is 0 Å². The first kappa shape index (κ1) is 12.4. The van der Waals surface area contributed by atoms with Crippen LogP contribution in [0.15, 0.2) is 0 Å². The Morgan fingerprint density at radius 3 is 2.06 bits per heavy atom. The summed E-state index contributed by atoms with van der Waals surface area (Å²) in [6.45, 7) is 1.59. The van der Waals surface area contributed by atoms with Gasteiger partial charge in [-0.05, 0) is 31.1 Å².